The summed E-state index contributed by atoms with van der Waals surface area (Å²) in [7, 11) is 0. The van der Waals surface area contributed by atoms with Crippen LogP contribution in [0.15, 0.2) is 51.4 Å². The molecule has 3 aromatic rings. The van der Waals surface area contributed by atoms with Crippen LogP contribution in [-0.2, 0) is 4.79 Å². The second-order valence-electron chi connectivity index (χ2n) is 7.10. The summed E-state index contributed by atoms with van der Waals surface area (Å²) in [4.78, 5) is 19.3. The molecule has 6 heteroatoms. The van der Waals surface area contributed by atoms with E-state index >= 15 is 0 Å². The molecule has 0 bridgehead atoms. The van der Waals surface area contributed by atoms with Crippen LogP contribution in [0.1, 0.15) is 30.2 Å². The van der Waals surface area contributed by atoms with Crippen LogP contribution in [0.25, 0.3) is 11.1 Å². The van der Waals surface area contributed by atoms with Crippen molar-refractivity contribution in [3.63, 3.8) is 0 Å². The maximum Gasteiger partial charge on any atom is 0.238 e. The van der Waals surface area contributed by atoms with E-state index in [0.29, 0.717) is 6.54 Å². The smallest absolute Gasteiger partial charge is 0.238 e. The Morgan fingerprint density at radius 1 is 1.33 bits per heavy atom. The van der Waals surface area contributed by atoms with Gasteiger partial charge in [0.1, 0.15) is 5.52 Å². The molecule has 1 N–H and O–H groups in total. The van der Waals surface area contributed by atoms with E-state index < -0.39 is 0 Å². The van der Waals surface area contributed by atoms with Gasteiger partial charge < -0.3 is 9.73 Å². The number of rotatable bonds is 4. The normalized spacial score (nSPS) is 17.9. The molecule has 140 valence electrons. The predicted molar refractivity (Wildman–Crippen MR) is 110 cm³/mol. The van der Waals surface area contributed by atoms with Crippen molar-refractivity contribution in [3.8, 4) is 0 Å². The number of benzene rings is 2. The molecule has 1 aliphatic heterocycles. The molecule has 1 atom stereocenters. The van der Waals surface area contributed by atoms with Gasteiger partial charge in [0.2, 0.25) is 5.91 Å². The van der Waals surface area contributed by atoms with Gasteiger partial charge in [-0.15, -0.1) is 0 Å². The van der Waals surface area contributed by atoms with Gasteiger partial charge in [-0.2, -0.15) is 0 Å². The first kappa shape index (κ1) is 18.2. The Hall–Kier alpha value is -2.18. The van der Waals surface area contributed by atoms with Crippen molar-refractivity contribution in [2.45, 2.75) is 25.7 Å². The number of oxazole rings is 1. The van der Waals surface area contributed by atoms with Crippen molar-refractivity contribution in [3.05, 3.63) is 58.4 Å². The number of nitrogens with one attached hydrogen (secondary N) is 1. The van der Waals surface area contributed by atoms with Gasteiger partial charge in [0.05, 0.1) is 6.54 Å². The zero-order chi connectivity index (χ0) is 18.8. The number of aryl methyl sites for hydroxylation is 1. The van der Waals surface area contributed by atoms with Crippen LogP contribution in [0.2, 0.25) is 0 Å². The van der Waals surface area contributed by atoms with Crippen molar-refractivity contribution in [2.24, 2.45) is 0 Å². The third-order valence-corrected chi connectivity index (χ3v) is 5.49. The largest absolute Gasteiger partial charge is 0.440 e. The van der Waals surface area contributed by atoms with Gasteiger partial charge in [-0.05, 0) is 62.2 Å². The Bertz CT molecular complexity index is 936. The molecular formula is C21H22BrN3O2. The van der Waals surface area contributed by atoms with Crippen LogP contribution in [0.4, 0.5) is 5.69 Å². The molecule has 27 heavy (non-hydrogen) atoms. The van der Waals surface area contributed by atoms with E-state index in [1.54, 1.807) is 0 Å². The first-order chi connectivity index (χ1) is 13.1. The number of aromatic nitrogens is 1. The van der Waals surface area contributed by atoms with Crippen LogP contribution in [-0.4, -0.2) is 35.4 Å². The average Bonchev–Trinajstić information content (AvgIpc) is 3.08. The van der Waals surface area contributed by atoms with Crippen LogP contribution in [0.3, 0.4) is 0 Å². The molecule has 2 heterocycles. The zero-order valence-corrected chi connectivity index (χ0v) is 16.8. The third-order valence-electron chi connectivity index (χ3n) is 4.99. The number of para-hydroxylation sites is 2. The number of nitrogens with zero attached hydrogens (tertiary/aromatic N) is 2. The molecule has 1 amide bonds. The van der Waals surface area contributed by atoms with E-state index in [2.05, 4.69) is 31.1 Å². The number of amides is 1. The Morgan fingerprint density at radius 2 is 2.19 bits per heavy atom. The molecular weight excluding hydrogens is 406 g/mol. The highest BCUT2D eigenvalue weighted by Gasteiger charge is 2.26. The summed E-state index contributed by atoms with van der Waals surface area (Å²) >= 11 is 3.45. The van der Waals surface area contributed by atoms with E-state index in [1.165, 1.54) is 0 Å². The summed E-state index contributed by atoms with van der Waals surface area (Å²) in [6.45, 7) is 4.08. The molecule has 1 unspecified atom stereocenters. The minimum Gasteiger partial charge on any atom is -0.440 e. The number of carbonyl (C=O) groups is 1. The van der Waals surface area contributed by atoms with Crippen molar-refractivity contribution >= 4 is 38.6 Å². The van der Waals surface area contributed by atoms with Gasteiger partial charge in [0.25, 0.3) is 0 Å². The highest BCUT2D eigenvalue weighted by Crippen LogP contribution is 2.29. The lowest BCUT2D eigenvalue weighted by atomic mass is 9.98. The summed E-state index contributed by atoms with van der Waals surface area (Å²) in [5.74, 6) is 1.03. The first-order valence-corrected chi connectivity index (χ1v) is 10.0. The molecule has 1 aromatic heterocycles. The third kappa shape index (κ3) is 4.22. The summed E-state index contributed by atoms with van der Waals surface area (Å²) in [5, 5.41) is 3.02. The van der Waals surface area contributed by atoms with Crippen LogP contribution < -0.4 is 5.32 Å². The Morgan fingerprint density at radius 3 is 3.00 bits per heavy atom. The Labute approximate surface area is 166 Å². The van der Waals surface area contributed by atoms with Gasteiger partial charge in [-0.1, -0.05) is 28.1 Å². The number of anilines is 1. The maximum absolute atomic E-state index is 12.5. The highest BCUT2D eigenvalue weighted by molar-refractivity contribution is 9.10. The lowest BCUT2D eigenvalue weighted by Gasteiger charge is -2.30. The van der Waals surface area contributed by atoms with E-state index in [1.807, 2.05) is 49.4 Å². The minimum atomic E-state index is 0.0126. The molecule has 2 aromatic carbocycles. The molecule has 4 rings (SSSR count). The molecule has 0 spiro atoms. The lowest BCUT2D eigenvalue weighted by Crippen LogP contribution is -2.39. The summed E-state index contributed by atoms with van der Waals surface area (Å²) < 4.78 is 6.95. The van der Waals surface area contributed by atoms with Crippen LogP contribution >= 0.6 is 15.9 Å². The zero-order valence-electron chi connectivity index (χ0n) is 15.2. The fourth-order valence-corrected chi connectivity index (χ4v) is 4.10. The number of carbonyl (C=O) groups excluding carboxylic acids is 1. The number of halogens is 1. The number of piperidine rings is 1. The second-order valence-corrected chi connectivity index (χ2v) is 8.02. The average molecular weight is 428 g/mol. The molecule has 0 saturated carbocycles. The number of hydrogen-bond acceptors (Lipinski definition) is 4. The monoisotopic (exact) mass is 427 g/mol. The Balaban J connectivity index is 1.40. The SMILES string of the molecule is Cc1cc(Br)ccc1NC(=O)CN1CCCC(c2nc3ccccc3o2)C1. The molecule has 1 fully saturated rings. The summed E-state index contributed by atoms with van der Waals surface area (Å²) in [6, 6.07) is 13.7. The van der Waals surface area contributed by atoms with E-state index in [4.69, 9.17) is 4.42 Å². The summed E-state index contributed by atoms with van der Waals surface area (Å²) in [6.07, 6.45) is 2.07. The second kappa shape index (κ2) is 7.82. The molecule has 5 nitrogen and oxygen atoms in total. The van der Waals surface area contributed by atoms with Gasteiger partial charge in [-0.25, -0.2) is 4.98 Å². The van der Waals surface area contributed by atoms with Gasteiger partial charge in [0, 0.05) is 22.6 Å². The van der Waals surface area contributed by atoms with E-state index in [0.717, 1.165) is 58.6 Å². The van der Waals surface area contributed by atoms with Crippen molar-refractivity contribution in [2.75, 3.05) is 25.0 Å². The standard InChI is InChI=1S/C21H22BrN3O2/c1-14-11-16(22)8-9-17(14)23-20(26)13-25-10-4-5-15(12-25)21-24-18-6-2-3-7-19(18)27-21/h2-3,6-9,11,15H,4-5,10,12-13H2,1H3,(H,23,26). The van der Waals surface area contributed by atoms with E-state index in [-0.39, 0.29) is 11.8 Å². The summed E-state index contributed by atoms with van der Waals surface area (Å²) in [5.41, 5.74) is 3.62. The fourth-order valence-electron chi connectivity index (χ4n) is 3.63. The number of likely N-dealkylation sites (tertiary alicyclic amines) is 1. The molecule has 0 radical (unpaired) electrons. The minimum absolute atomic E-state index is 0.0126. The van der Waals surface area contributed by atoms with Crippen LogP contribution in [0.5, 0.6) is 0 Å². The van der Waals surface area contributed by atoms with Crippen molar-refractivity contribution in [1.29, 1.82) is 0 Å². The molecule has 0 aliphatic carbocycles. The molecule has 1 aliphatic rings. The van der Waals surface area contributed by atoms with Gasteiger partial charge in [-0.3, -0.25) is 9.69 Å². The van der Waals surface area contributed by atoms with Crippen molar-refractivity contribution in [1.82, 2.24) is 9.88 Å². The topological polar surface area (TPSA) is 58.4 Å². The van der Waals surface area contributed by atoms with Gasteiger partial charge in [0.15, 0.2) is 11.5 Å². The van der Waals surface area contributed by atoms with Gasteiger partial charge >= 0.3 is 0 Å². The predicted octanol–water partition coefficient (Wildman–Crippen LogP) is 4.72. The quantitative estimate of drug-likeness (QED) is 0.654. The van der Waals surface area contributed by atoms with Crippen LogP contribution in [0, 0.1) is 6.92 Å². The maximum atomic E-state index is 12.5. The van der Waals surface area contributed by atoms with E-state index in [9.17, 15) is 4.79 Å². The fraction of sp³-hybridized carbons (Fsp3) is 0.333. The highest BCUT2D eigenvalue weighted by atomic mass is 79.9. The molecule has 1 saturated heterocycles. The number of fused-ring (bicyclic) bond motifs is 1. The Kier molecular flexibility index (Phi) is 5.27. The lowest BCUT2D eigenvalue weighted by molar-refractivity contribution is -0.117. The first-order valence-electron chi connectivity index (χ1n) is 9.22. The number of hydrogen-bond donors (Lipinski definition) is 1. The van der Waals surface area contributed by atoms with Crippen molar-refractivity contribution < 1.29 is 9.21 Å².